The van der Waals surface area contributed by atoms with Crippen molar-refractivity contribution < 1.29 is 18.1 Å². The molecule has 0 aromatic heterocycles. The standard InChI is InChI=1S/C9H19N.ClH/c1-9(2,10)7-8-5-3-4-6-8;/h8H,3-7,10H2,1-2H3;1H. The van der Waals surface area contributed by atoms with Crippen LogP contribution in [0.25, 0.3) is 0 Å². The zero-order chi connectivity index (χ0) is 7.61. The molecule has 0 unspecified atom stereocenters. The Hall–Kier alpha value is 0.250. The second kappa shape index (κ2) is 4.32. The molecule has 0 atom stereocenters. The fourth-order valence-corrected chi connectivity index (χ4v) is 2.00. The van der Waals surface area contributed by atoms with E-state index < -0.39 is 0 Å². The molecule has 1 saturated carbocycles. The number of hydrogen-bond donors (Lipinski definition) is 1. The molecule has 0 aliphatic heterocycles. The lowest BCUT2D eigenvalue weighted by Gasteiger charge is -2.18. The van der Waals surface area contributed by atoms with Crippen LogP contribution in [0.2, 0.25) is 0 Å². The molecule has 1 aliphatic carbocycles. The molecule has 0 bridgehead atoms. The first-order valence-electron chi connectivity index (χ1n) is 4.43. The fraction of sp³-hybridized carbons (Fsp3) is 1.00. The minimum Gasteiger partial charge on any atom is -1.00 e. The predicted molar refractivity (Wildman–Crippen MR) is 43.5 cm³/mol. The average molecular weight is 178 g/mol. The normalized spacial score (nSPS) is 19.9. The highest BCUT2D eigenvalue weighted by Gasteiger charge is 2.24. The van der Waals surface area contributed by atoms with Gasteiger partial charge in [-0.1, -0.05) is 25.7 Å². The summed E-state index contributed by atoms with van der Waals surface area (Å²) < 4.78 is 0. The molecule has 0 radical (unpaired) electrons. The maximum absolute atomic E-state index is 4.13. The average Bonchev–Trinajstić information content (AvgIpc) is 2.12. The fourth-order valence-electron chi connectivity index (χ4n) is 2.00. The van der Waals surface area contributed by atoms with E-state index in [1.165, 1.54) is 32.1 Å². The summed E-state index contributed by atoms with van der Waals surface area (Å²) in [5.41, 5.74) is 4.45. The summed E-state index contributed by atoms with van der Waals surface area (Å²) in [6, 6.07) is 0. The summed E-state index contributed by atoms with van der Waals surface area (Å²) in [6.45, 7) is 4.48. The molecule has 11 heavy (non-hydrogen) atoms. The zero-order valence-corrected chi connectivity index (χ0v) is 8.45. The topological polar surface area (TPSA) is 27.6 Å². The van der Waals surface area contributed by atoms with Gasteiger partial charge in [-0.25, -0.2) is 0 Å². The third-order valence-electron chi connectivity index (χ3n) is 2.32. The lowest BCUT2D eigenvalue weighted by Crippen LogP contribution is -3.00. The summed E-state index contributed by atoms with van der Waals surface area (Å²) in [4.78, 5) is 0. The molecule has 0 amide bonds. The molecule has 0 heterocycles. The minimum absolute atomic E-state index is 0. The van der Waals surface area contributed by atoms with Crippen LogP contribution in [0.3, 0.4) is 0 Å². The van der Waals surface area contributed by atoms with E-state index >= 15 is 0 Å². The van der Waals surface area contributed by atoms with Gasteiger partial charge >= 0.3 is 0 Å². The monoisotopic (exact) mass is 177 g/mol. The van der Waals surface area contributed by atoms with Crippen LogP contribution < -0.4 is 18.1 Å². The largest absolute Gasteiger partial charge is 1.00 e. The molecule has 1 nitrogen and oxygen atoms in total. The summed E-state index contributed by atoms with van der Waals surface area (Å²) in [5.74, 6) is 0.993. The van der Waals surface area contributed by atoms with Crippen molar-refractivity contribution in [1.29, 1.82) is 0 Å². The Morgan fingerprint density at radius 3 is 2.09 bits per heavy atom. The molecular formula is C9H20ClN. The Bertz CT molecular complexity index is 101. The summed E-state index contributed by atoms with van der Waals surface area (Å²) in [5, 5.41) is 0. The lowest BCUT2D eigenvalue weighted by atomic mass is 9.91. The van der Waals surface area contributed by atoms with Crippen molar-refractivity contribution in [3.63, 3.8) is 0 Å². The molecule has 0 spiro atoms. The summed E-state index contributed by atoms with van der Waals surface area (Å²) in [6.07, 6.45) is 7.16. The van der Waals surface area contributed by atoms with E-state index in [-0.39, 0.29) is 12.4 Å². The number of rotatable bonds is 2. The van der Waals surface area contributed by atoms with Crippen LogP contribution in [0.5, 0.6) is 0 Å². The highest BCUT2D eigenvalue weighted by atomic mass is 35.5. The zero-order valence-electron chi connectivity index (χ0n) is 7.70. The first kappa shape index (κ1) is 11.2. The Labute approximate surface area is 76.1 Å². The van der Waals surface area contributed by atoms with Gasteiger partial charge in [-0.3, -0.25) is 0 Å². The van der Waals surface area contributed by atoms with Crippen LogP contribution in [0, 0.1) is 5.92 Å². The molecule has 3 N–H and O–H groups in total. The van der Waals surface area contributed by atoms with E-state index in [4.69, 9.17) is 0 Å². The van der Waals surface area contributed by atoms with Gasteiger partial charge in [0.2, 0.25) is 0 Å². The van der Waals surface area contributed by atoms with E-state index in [0.717, 1.165) is 5.92 Å². The first-order chi connectivity index (χ1) is 4.58. The Morgan fingerprint density at radius 2 is 1.73 bits per heavy atom. The van der Waals surface area contributed by atoms with Crippen LogP contribution in [0.1, 0.15) is 46.0 Å². The Kier molecular flexibility index (Phi) is 4.42. The molecule has 0 saturated heterocycles. The SMILES string of the molecule is CC(C)([NH3+])CC1CCCC1.[Cl-]. The van der Waals surface area contributed by atoms with Gasteiger partial charge < -0.3 is 18.1 Å². The van der Waals surface area contributed by atoms with E-state index in [0.29, 0.717) is 5.54 Å². The van der Waals surface area contributed by atoms with Gasteiger partial charge in [-0.05, 0) is 19.8 Å². The van der Waals surface area contributed by atoms with Crippen molar-refractivity contribution in [2.24, 2.45) is 5.92 Å². The number of hydrogen-bond acceptors (Lipinski definition) is 0. The maximum atomic E-state index is 4.13. The predicted octanol–water partition coefficient (Wildman–Crippen LogP) is -1.41. The van der Waals surface area contributed by atoms with E-state index in [9.17, 15) is 0 Å². The van der Waals surface area contributed by atoms with Crippen LogP contribution >= 0.6 is 0 Å². The van der Waals surface area contributed by atoms with Crippen molar-refractivity contribution >= 4 is 0 Å². The second-order valence-electron chi connectivity index (χ2n) is 4.52. The third kappa shape index (κ3) is 4.65. The second-order valence-corrected chi connectivity index (χ2v) is 4.52. The number of halogens is 1. The first-order valence-corrected chi connectivity index (χ1v) is 4.43. The molecule has 0 aromatic rings. The minimum atomic E-state index is 0. The van der Waals surface area contributed by atoms with Gasteiger partial charge in [-0.2, -0.15) is 0 Å². The lowest BCUT2D eigenvalue weighted by molar-refractivity contribution is -0.469. The van der Waals surface area contributed by atoms with E-state index in [1.54, 1.807) is 0 Å². The van der Waals surface area contributed by atoms with Crippen molar-refractivity contribution in [3.8, 4) is 0 Å². The summed E-state index contributed by atoms with van der Waals surface area (Å²) in [7, 11) is 0. The van der Waals surface area contributed by atoms with Gasteiger partial charge in [0.15, 0.2) is 0 Å². The highest BCUT2D eigenvalue weighted by Crippen LogP contribution is 2.29. The van der Waals surface area contributed by atoms with Gasteiger partial charge in [0.05, 0.1) is 5.54 Å². The van der Waals surface area contributed by atoms with E-state index in [2.05, 4.69) is 19.6 Å². The number of quaternary nitrogens is 1. The van der Waals surface area contributed by atoms with Crippen molar-refractivity contribution in [2.45, 2.75) is 51.5 Å². The van der Waals surface area contributed by atoms with Crippen molar-refractivity contribution in [1.82, 2.24) is 0 Å². The quantitative estimate of drug-likeness (QED) is 0.537. The third-order valence-corrected chi connectivity index (χ3v) is 2.32. The summed E-state index contributed by atoms with van der Waals surface area (Å²) >= 11 is 0. The van der Waals surface area contributed by atoms with Gasteiger partial charge in [0.1, 0.15) is 0 Å². The van der Waals surface area contributed by atoms with Crippen LogP contribution in [0.15, 0.2) is 0 Å². The Balaban J connectivity index is 0.000001000. The van der Waals surface area contributed by atoms with Gasteiger partial charge in [-0.15, -0.1) is 0 Å². The van der Waals surface area contributed by atoms with Crippen molar-refractivity contribution in [3.05, 3.63) is 0 Å². The van der Waals surface area contributed by atoms with Gasteiger partial charge in [0, 0.05) is 6.42 Å². The smallest absolute Gasteiger partial charge is 0.0891 e. The Morgan fingerprint density at radius 1 is 1.27 bits per heavy atom. The van der Waals surface area contributed by atoms with E-state index in [1.807, 2.05) is 0 Å². The highest BCUT2D eigenvalue weighted by molar-refractivity contribution is 4.74. The van der Waals surface area contributed by atoms with Crippen LogP contribution in [0.4, 0.5) is 0 Å². The van der Waals surface area contributed by atoms with Crippen LogP contribution in [-0.2, 0) is 0 Å². The maximum Gasteiger partial charge on any atom is 0.0891 e. The molecule has 2 heteroatoms. The molecule has 1 rings (SSSR count). The molecule has 1 aliphatic rings. The molecular weight excluding hydrogens is 158 g/mol. The van der Waals surface area contributed by atoms with Crippen molar-refractivity contribution in [2.75, 3.05) is 0 Å². The van der Waals surface area contributed by atoms with Crippen LogP contribution in [-0.4, -0.2) is 5.54 Å². The van der Waals surface area contributed by atoms with Gasteiger partial charge in [0.25, 0.3) is 0 Å². The molecule has 1 fully saturated rings. The molecule has 68 valence electrons. The molecule has 0 aromatic carbocycles.